The molecule has 0 spiro atoms. The largest absolute Gasteiger partial charge is 0.509 e. The fraction of sp³-hybridized carbons (Fsp3) is 0.933. The standard InChI is InChI=1S/C15H26Cl2N2O3/c1-18-7-3-5-11(18)13(9-16)21-15(20)22-14(10-17)12-6-4-8-19(12)2/h11-14H,3-10H2,1-2H3. The third kappa shape index (κ3) is 4.40. The molecular formula is C15H26Cl2N2O3. The molecule has 2 saturated heterocycles. The van der Waals surface area contributed by atoms with Crippen LogP contribution in [0.1, 0.15) is 25.7 Å². The molecule has 0 bridgehead atoms. The molecule has 0 radical (unpaired) electrons. The number of nitrogens with zero attached hydrogens (tertiary/aromatic N) is 2. The van der Waals surface area contributed by atoms with Gasteiger partial charge in [0.1, 0.15) is 12.2 Å². The summed E-state index contributed by atoms with van der Waals surface area (Å²) in [5.41, 5.74) is 0. The summed E-state index contributed by atoms with van der Waals surface area (Å²) in [5, 5.41) is 0. The van der Waals surface area contributed by atoms with Crippen molar-refractivity contribution in [1.29, 1.82) is 0 Å². The molecule has 5 nitrogen and oxygen atoms in total. The number of ether oxygens (including phenoxy) is 2. The van der Waals surface area contributed by atoms with E-state index in [1.807, 2.05) is 14.1 Å². The van der Waals surface area contributed by atoms with E-state index in [1.54, 1.807) is 0 Å². The Hall–Kier alpha value is -0.230. The molecule has 2 rings (SSSR count). The zero-order valence-electron chi connectivity index (χ0n) is 13.3. The van der Waals surface area contributed by atoms with Crippen molar-refractivity contribution in [2.24, 2.45) is 0 Å². The number of likely N-dealkylation sites (N-methyl/N-ethyl adjacent to an activating group) is 2. The summed E-state index contributed by atoms with van der Waals surface area (Å²) in [7, 11) is 4.06. The number of hydrogen-bond acceptors (Lipinski definition) is 5. The summed E-state index contributed by atoms with van der Waals surface area (Å²) >= 11 is 12.0. The Bertz CT molecular complexity index is 341. The molecule has 2 aliphatic heterocycles. The van der Waals surface area contributed by atoms with Crippen molar-refractivity contribution in [3.8, 4) is 0 Å². The van der Waals surface area contributed by atoms with Gasteiger partial charge in [0.15, 0.2) is 0 Å². The molecule has 0 N–H and O–H groups in total. The maximum Gasteiger partial charge on any atom is 0.509 e. The van der Waals surface area contributed by atoms with Gasteiger partial charge in [0.2, 0.25) is 0 Å². The van der Waals surface area contributed by atoms with Gasteiger partial charge < -0.3 is 9.47 Å². The molecule has 0 amide bonds. The second-order valence-electron chi connectivity index (χ2n) is 6.25. The SMILES string of the molecule is CN1CCCC1C(CCl)OC(=O)OC(CCl)C1CCCN1C. The summed E-state index contributed by atoms with van der Waals surface area (Å²) in [4.78, 5) is 16.5. The molecule has 7 heteroatoms. The van der Waals surface area contributed by atoms with Crippen LogP contribution in [0.3, 0.4) is 0 Å². The summed E-state index contributed by atoms with van der Waals surface area (Å²) in [6.45, 7) is 2.02. The molecular weight excluding hydrogens is 327 g/mol. The number of carbonyl (C=O) groups excluding carboxylic acids is 1. The van der Waals surface area contributed by atoms with Gasteiger partial charge in [-0.15, -0.1) is 23.2 Å². The van der Waals surface area contributed by atoms with E-state index in [1.165, 1.54) is 0 Å². The van der Waals surface area contributed by atoms with Gasteiger partial charge in [0.25, 0.3) is 0 Å². The minimum absolute atomic E-state index is 0.175. The van der Waals surface area contributed by atoms with Crippen LogP contribution in [0, 0.1) is 0 Å². The van der Waals surface area contributed by atoms with Gasteiger partial charge in [-0.3, -0.25) is 9.80 Å². The van der Waals surface area contributed by atoms with Gasteiger partial charge in [0.05, 0.1) is 11.8 Å². The molecule has 0 aliphatic carbocycles. The summed E-state index contributed by atoms with van der Waals surface area (Å²) in [6, 6.07) is 0.349. The molecule has 0 aromatic rings. The number of rotatable bonds is 6. The highest BCUT2D eigenvalue weighted by Gasteiger charge is 2.35. The van der Waals surface area contributed by atoms with Crippen LogP contribution in [0.4, 0.5) is 4.79 Å². The molecule has 0 aromatic carbocycles. The van der Waals surface area contributed by atoms with Crippen LogP contribution in [-0.4, -0.2) is 79.2 Å². The van der Waals surface area contributed by atoms with Gasteiger partial charge >= 0.3 is 6.16 Å². The minimum atomic E-state index is -0.656. The first kappa shape index (κ1) is 18.1. The van der Waals surface area contributed by atoms with Crippen LogP contribution < -0.4 is 0 Å². The average molecular weight is 353 g/mol. The van der Waals surface area contributed by atoms with Crippen molar-refractivity contribution in [3.05, 3.63) is 0 Å². The maximum atomic E-state index is 12.1. The van der Waals surface area contributed by atoms with Crippen LogP contribution in [0.2, 0.25) is 0 Å². The Labute approximate surface area is 142 Å². The summed E-state index contributed by atoms with van der Waals surface area (Å²) in [5.74, 6) is 0.554. The monoisotopic (exact) mass is 352 g/mol. The Kier molecular flexibility index (Phi) is 7.06. The number of alkyl halides is 2. The molecule has 0 aromatic heterocycles. The van der Waals surface area contributed by atoms with Crippen molar-refractivity contribution in [3.63, 3.8) is 0 Å². The maximum absolute atomic E-state index is 12.1. The first-order valence-corrected chi connectivity index (χ1v) is 9.03. The van der Waals surface area contributed by atoms with E-state index in [0.717, 1.165) is 38.8 Å². The van der Waals surface area contributed by atoms with Gasteiger partial charge in [-0.05, 0) is 52.9 Å². The van der Waals surface area contributed by atoms with Crippen LogP contribution in [0.25, 0.3) is 0 Å². The second-order valence-corrected chi connectivity index (χ2v) is 6.87. The summed E-state index contributed by atoms with van der Waals surface area (Å²) < 4.78 is 10.9. The molecule has 2 aliphatic rings. The van der Waals surface area contributed by atoms with Gasteiger partial charge in [-0.25, -0.2) is 4.79 Å². The molecule has 4 unspecified atom stereocenters. The highest BCUT2D eigenvalue weighted by Crippen LogP contribution is 2.24. The Balaban J connectivity index is 1.87. The first-order valence-electron chi connectivity index (χ1n) is 7.96. The fourth-order valence-corrected chi connectivity index (χ4v) is 4.05. The van der Waals surface area contributed by atoms with E-state index in [-0.39, 0.29) is 36.1 Å². The van der Waals surface area contributed by atoms with Crippen LogP contribution in [0.15, 0.2) is 0 Å². The van der Waals surface area contributed by atoms with E-state index in [9.17, 15) is 4.79 Å². The quantitative estimate of drug-likeness (QED) is 0.542. The highest BCUT2D eigenvalue weighted by molar-refractivity contribution is 6.18. The number of likely N-dealkylation sites (tertiary alicyclic amines) is 2. The van der Waals surface area contributed by atoms with Crippen molar-refractivity contribution in [1.82, 2.24) is 9.80 Å². The predicted molar refractivity (Wildman–Crippen MR) is 87.9 cm³/mol. The topological polar surface area (TPSA) is 42.0 Å². The lowest BCUT2D eigenvalue weighted by Crippen LogP contribution is -2.44. The molecule has 128 valence electrons. The first-order chi connectivity index (χ1) is 10.6. The van der Waals surface area contributed by atoms with E-state index in [4.69, 9.17) is 32.7 Å². The molecule has 4 atom stereocenters. The van der Waals surface area contributed by atoms with Crippen molar-refractivity contribution >= 4 is 29.4 Å². The van der Waals surface area contributed by atoms with Crippen LogP contribution in [-0.2, 0) is 9.47 Å². The van der Waals surface area contributed by atoms with E-state index >= 15 is 0 Å². The Morgan fingerprint density at radius 3 is 1.68 bits per heavy atom. The lowest BCUT2D eigenvalue weighted by Gasteiger charge is -2.30. The smallest absolute Gasteiger partial charge is 0.428 e. The lowest BCUT2D eigenvalue weighted by atomic mass is 10.1. The second kappa shape index (κ2) is 8.57. The van der Waals surface area contributed by atoms with Crippen LogP contribution in [0.5, 0.6) is 0 Å². The number of hydrogen-bond donors (Lipinski definition) is 0. The molecule has 22 heavy (non-hydrogen) atoms. The highest BCUT2D eigenvalue weighted by atomic mass is 35.5. The lowest BCUT2D eigenvalue weighted by molar-refractivity contribution is -0.0243. The van der Waals surface area contributed by atoms with Gasteiger partial charge in [-0.1, -0.05) is 0 Å². The predicted octanol–water partition coefficient (Wildman–Crippen LogP) is 2.54. The fourth-order valence-electron chi connectivity index (χ4n) is 3.51. The molecule has 2 heterocycles. The average Bonchev–Trinajstić information content (AvgIpc) is 3.11. The summed E-state index contributed by atoms with van der Waals surface area (Å²) in [6.07, 6.45) is 2.86. The van der Waals surface area contributed by atoms with Gasteiger partial charge in [-0.2, -0.15) is 0 Å². The van der Waals surface area contributed by atoms with Crippen molar-refractivity contribution < 1.29 is 14.3 Å². The minimum Gasteiger partial charge on any atom is -0.428 e. The zero-order chi connectivity index (χ0) is 16.1. The van der Waals surface area contributed by atoms with E-state index in [2.05, 4.69) is 9.80 Å². The van der Waals surface area contributed by atoms with E-state index in [0.29, 0.717) is 0 Å². The van der Waals surface area contributed by atoms with Crippen molar-refractivity contribution in [2.75, 3.05) is 38.9 Å². The van der Waals surface area contributed by atoms with Crippen molar-refractivity contribution in [2.45, 2.75) is 50.0 Å². The number of carbonyl (C=O) groups is 1. The van der Waals surface area contributed by atoms with Crippen LogP contribution >= 0.6 is 23.2 Å². The van der Waals surface area contributed by atoms with E-state index < -0.39 is 6.16 Å². The molecule has 2 fully saturated rings. The third-order valence-corrected chi connectivity index (χ3v) is 5.42. The number of halogens is 2. The zero-order valence-corrected chi connectivity index (χ0v) is 14.9. The Morgan fingerprint density at radius 2 is 1.41 bits per heavy atom. The normalized spacial score (nSPS) is 29.5. The Morgan fingerprint density at radius 1 is 1.00 bits per heavy atom. The van der Waals surface area contributed by atoms with Gasteiger partial charge in [0, 0.05) is 12.1 Å². The molecule has 0 saturated carbocycles. The third-order valence-electron chi connectivity index (χ3n) is 4.81.